The molecule has 0 aromatic heterocycles. The number of piperidine rings is 1. The molecule has 0 aliphatic carbocycles. The molecule has 0 spiro atoms. The molecule has 1 aliphatic rings. The van der Waals surface area contributed by atoms with Crippen LogP contribution in [0.5, 0.6) is 5.75 Å². The Bertz CT molecular complexity index is 737. The number of hydrogen-bond donors (Lipinski definition) is 1. The van der Waals surface area contributed by atoms with Gasteiger partial charge in [-0.05, 0) is 43.9 Å². The molecule has 1 aliphatic heterocycles. The number of aryl methyl sites for hydroxylation is 2. The second-order valence-electron chi connectivity index (χ2n) is 7.47. The summed E-state index contributed by atoms with van der Waals surface area (Å²) in [6, 6.07) is 17.0. The average Bonchev–Trinajstić information content (AvgIpc) is 2.66. The van der Waals surface area contributed by atoms with Crippen LogP contribution in [0, 0.1) is 13.8 Å². The van der Waals surface area contributed by atoms with Gasteiger partial charge in [-0.3, -0.25) is 9.69 Å². The number of carbonyl (C=O) groups excluding carboxylic acids is 1. The summed E-state index contributed by atoms with van der Waals surface area (Å²) >= 11 is 0. The lowest BCUT2D eigenvalue weighted by Crippen LogP contribution is -2.44. The number of likely N-dealkylation sites (tertiary alicyclic amines) is 1. The molecule has 0 saturated carbocycles. The van der Waals surface area contributed by atoms with E-state index in [2.05, 4.69) is 53.5 Å². The van der Waals surface area contributed by atoms with Gasteiger partial charge in [0, 0.05) is 25.7 Å². The largest absolute Gasteiger partial charge is 0.493 e. The topological polar surface area (TPSA) is 41.6 Å². The third kappa shape index (κ3) is 6.10. The van der Waals surface area contributed by atoms with Gasteiger partial charge in [0.1, 0.15) is 5.75 Å². The second-order valence-corrected chi connectivity index (χ2v) is 7.47. The first-order chi connectivity index (χ1) is 13.1. The molecule has 27 heavy (non-hydrogen) atoms. The van der Waals surface area contributed by atoms with Crippen LogP contribution in [-0.4, -0.2) is 36.5 Å². The van der Waals surface area contributed by atoms with E-state index < -0.39 is 0 Å². The highest BCUT2D eigenvalue weighted by Gasteiger charge is 2.20. The van der Waals surface area contributed by atoms with Crippen molar-refractivity contribution in [3.05, 3.63) is 65.2 Å². The number of ether oxygens (including phenoxy) is 1. The molecule has 1 saturated heterocycles. The van der Waals surface area contributed by atoms with Gasteiger partial charge in [0.25, 0.3) is 0 Å². The first-order valence-electron chi connectivity index (χ1n) is 9.86. The molecule has 2 aromatic carbocycles. The molecule has 2 aromatic rings. The molecule has 4 heteroatoms. The van der Waals surface area contributed by atoms with Crippen LogP contribution in [0.3, 0.4) is 0 Å². The summed E-state index contributed by atoms with van der Waals surface area (Å²) in [5.74, 6) is 0.948. The molecule has 4 nitrogen and oxygen atoms in total. The smallest absolute Gasteiger partial charge is 0.223 e. The monoisotopic (exact) mass is 366 g/mol. The molecule has 0 bridgehead atoms. The van der Waals surface area contributed by atoms with Gasteiger partial charge in [-0.15, -0.1) is 0 Å². The number of rotatable bonds is 7. The van der Waals surface area contributed by atoms with Crippen LogP contribution in [0.15, 0.2) is 48.5 Å². The summed E-state index contributed by atoms with van der Waals surface area (Å²) in [5, 5.41) is 3.17. The van der Waals surface area contributed by atoms with E-state index in [-0.39, 0.29) is 11.9 Å². The number of amides is 1. The Kier molecular flexibility index (Phi) is 6.88. The number of hydrogen-bond acceptors (Lipinski definition) is 3. The first kappa shape index (κ1) is 19.4. The standard InChI is InChI=1S/C23H30N2O2/c1-18-8-9-22(19(2)16-18)27-15-12-23(26)24-21-10-13-25(14-11-21)17-20-6-4-3-5-7-20/h3-9,16,21H,10-15,17H2,1-2H3,(H,24,26). The lowest BCUT2D eigenvalue weighted by Gasteiger charge is -2.32. The maximum Gasteiger partial charge on any atom is 0.223 e. The molecule has 1 fully saturated rings. The summed E-state index contributed by atoms with van der Waals surface area (Å²) in [6.07, 6.45) is 2.42. The molecule has 0 radical (unpaired) electrons. The van der Waals surface area contributed by atoms with Gasteiger partial charge in [-0.25, -0.2) is 0 Å². The van der Waals surface area contributed by atoms with Gasteiger partial charge >= 0.3 is 0 Å². The minimum absolute atomic E-state index is 0.0845. The average molecular weight is 367 g/mol. The van der Waals surface area contributed by atoms with Crippen LogP contribution in [0.1, 0.15) is 36.0 Å². The molecule has 1 N–H and O–H groups in total. The highest BCUT2D eigenvalue weighted by molar-refractivity contribution is 5.76. The number of carbonyl (C=O) groups is 1. The Balaban J connectivity index is 1.34. The minimum Gasteiger partial charge on any atom is -0.493 e. The van der Waals surface area contributed by atoms with Gasteiger partial charge in [0.2, 0.25) is 5.91 Å². The zero-order chi connectivity index (χ0) is 19.1. The number of benzene rings is 2. The lowest BCUT2D eigenvalue weighted by molar-refractivity contribution is -0.122. The van der Waals surface area contributed by atoms with Crippen molar-refractivity contribution in [3.63, 3.8) is 0 Å². The van der Waals surface area contributed by atoms with Crippen LogP contribution in [0.25, 0.3) is 0 Å². The van der Waals surface area contributed by atoms with Gasteiger partial charge in [0.05, 0.1) is 13.0 Å². The Morgan fingerprint density at radius 1 is 1.11 bits per heavy atom. The molecular weight excluding hydrogens is 336 g/mol. The van der Waals surface area contributed by atoms with Gasteiger partial charge in [0.15, 0.2) is 0 Å². The zero-order valence-electron chi connectivity index (χ0n) is 16.4. The maximum atomic E-state index is 12.2. The third-order valence-corrected chi connectivity index (χ3v) is 5.12. The highest BCUT2D eigenvalue weighted by atomic mass is 16.5. The Labute approximate surface area is 162 Å². The minimum atomic E-state index is 0.0845. The van der Waals surface area contributed by atoms with Crippen molar-refractivity contribution in [2.45, 2.75) is 45.7 Å². The van der Waals surface area contributed by atoms with Crippen molar-refractivity contribution in [3.8, 4) is 5.75 Å². The van der Waals surface area contributed by atoms with Crippen molar-refractivity contribution in [1.29, 1.82) is 0 Å². The summed E-state index contributed by atoms with van der Waals surface area (Å²) in [5.41, 5.74) is 3.68. The molecule has 3 rings (SSSR count). The van der Waals surface area contributed by atoms with Crippen LogP contribution >= 0.6 is 0 Å². The zero-order valence-corrected chi connectivity index (χ0v) is 16.4. The summed E-state index contributed by atoms with van der Waals surface area (Å²) in [7, 11) is 0. The van der Waals surface area contributed by atoms with E-state index in [9.17, 15) is 4.79 Å². The molecule has 1 heterocycles. The molecule has 0 unspecified atom stereocenters. The number of nitrogens with one attached hydrogen (secondary N) is 1. The van der Waals surface area contributed by atoms with Crippen molar-refractivity contribution in [2.75, 3.05) is 19.7 Å². The maximum absolute atomic E-state index is 12.2. The lowest BCUT2D eigenvalue weighted by atomic mass is 10.0. The van der Waals surface area contributed by atoms with Gasteiger partial charge in [-0.2, -0.15) is 0 Å². The number of nitrogens with zero attached hydrogens (tertiary/aromatic N) is 1. The summed E-state index contributed by atoms with van der Waals surface area (Å²) in [4.78, 5) is 14.7. The Hall–Kier alpha value is -2.33. The fourth-order valence-electron chi connectivity index (χ4n) is 3.59. The summed E-state index contributed by atoms with van der Waals surface area (Å²) in [6.45, 7) is 7.56. The van der Waals surface area contributed by atoms with Crippen molar-refractivity contribution in [1.82, 2.24) is 10.2 Å². The molecule has 144 valence electrons. The van der Waals surface area contributed by atoms with Crippen LogP contribution in [0.4, 0.5) is 0 Å². The van der Waals surface area contributed by atoms with E-state index in [1.165, 1.54) is 11.1 Å². The van der Waals surface area contributed by atoms with Crippen molar-refractivity contribution in [2.24, 2.45) is 0 Å². The van der Waals surface area contributed by atoms with E-state index in [1.54, 1.807) is 0 Å². The van der Waals surface area contributed by atoms with Crippen molar-refractivity contribution >= 4 is 5.91 Å². The van der Waals surface area contributed by atoms with Crippen molar-refractivity contribution < 1.29 is 9.53 Å². The van der Waals surface area contributed by atoms with Crippen LogP contribution in [-0.2, 0) is 11.3 Å². The predicted octanol–water partition coefficient (Wildman–Crippen LogP) is 3.85. The molecular formula is C23H30N2O2. The quantitative estimate of drug-likeness (QED) is 0.809. The fourth-order valence-corrected chi connectivity index (χ4v) is 3.59. The Morgan fingerprint density at radius 2 is 1.85 bits per heavy atom. The van der Waals surface area contributed by atoms with E-state index in [1.807, 2.05) is 19.1 Å². The van der Waals surface area contributed by atoms with Crippen LogP contribution < -0.4 is 10.1 Å². The first-order valence-corrected chi connectivity index (χ1v) is 9.86. The van der Waals surface area contributed by atoms with E-state index in [0.717, 1.165) is 43.8 Å². The molecule has 0 atom stereocenters. The third-order valence-electron chi connectivity index (χ3n) is 5.12. The SMILES string of the molecule is Cc1ccc(OCCC(=O)NC2CCN(Cc3ccccc3)CC2)c(C)c1. The Morgan fingerprint density at radius 3 is 2.56 bits per heavy atom. The van der Waals surface area contributed by atoms with E-state index in [4.69, 9.17) is 4.74 Å². The highest BCUT2D eigenvalue weighted by Crippen LogP contribution is 2.19. The van der Waals surface area contributed by atoms with E-state index >= 15 is 0 Å². The van der Waals surface area contributed by atoms with E-state index in [0.29, 0.717) is 13.0 Å². The second kappa shape index (κ2) is 9.56. The van der Waals surface area contributed by atoms with Crippen LogP contribution in [0.2, 0.25) is 0 Å². The van der Waals surface area contributed by atoms with Gasteiger partial charge < -0.3 is 10.1 Å². The predicted molar refractivity (Wildman–Crippen MR) is 109 cm³/mol. The van der Waals surface area contributed by atoms with Gasteiger partial charge in [-0.1, -0.05) is 48.0 Å². The fraction of sp³-hybridized carbons (Fsp3) is 0.435. The molecule has 1 amide bonds. The normalized spacial score (nSPS) is 15.5. The summed E-state index contributed by atoms with van der Waals surface area (Å²) < 4.78 is 5.77.